The third kappa shape index (κ3) is 5.57. The van der Waals surface area contributed by atoms with Crippen molar-refractivity contribution in [2.24, 2.45) is 0 Å². The topological polar surface area (TPSA) is 66.5 Å². The van der Waals surface area contributed by atoms with Crippen molar-refractivity contribution in [1.29, 1.82) is 0 Å². The molecule has 0 radical (unpaired) electrons. The molecule has 6 heteroatoms. The Kier molecular flexibility index (Phi) is 7.02. The lowest BCUT2D eigenvalue weighted by molar-refractivity contribution is 0.0993. The molecule has 5 nitrogen and oxygen atoms in total. The molecular formula is C21H28N2O3S. The van der Waals surface area contributed by atoms with Crippen LogP contribution in [0.1, 0.15) is 49.5 Å². The highest BCUT2D eigenvalue weighted by Crippen LogP contribution is 2.19. The van der Waals surface area contributed by atoms with E-state index in [-0.39, 0.29) is 5.91 Å². The maximum absolute atomic E-state index is 12.7. The number of nitrogens with one attached hydrogen (secondary N) is 1. The first-order valence-electron chi connectivity index (χ1n) is 9.23. The predicted molar refractivity (Wildman–Crippen MR) is 112 cm³/mol. The number of benzene rings is 2. The summed E-state index contributed by atoms with van der Waals surface area (Å²) in [6.07, 6.45) is 3.35. The predicted octanol–water partition coefficient (Wildman–Crippen LogP) is 4.46. The van der Waals surface area contributed by atoms with Crippen LogP contribution in [0.3, 0.4) is 0 Å². The van der Waals surface area contributed by atoms with Gasteiger partial charge in [-0.05, 0) is 68.7 Å². The van der Waals surface area contributed by atoms with E-state index in [0.717, 1.165) is 24.9 Å². The second kappa shape index (κ2) is 9.04. The van der Waals surface area contributed by atoms with E-state index in [1.807, 2.05) is 12.1 Å². The maximum Gasteiger partial charge on any atom is 0.258 e. The van der Waals surface area contributed by atoms with Crippen LogP contribution >= 0.6 is 0 Å². The van der Waals surface area contributed by atoms with Crippen molar-refractivity contribution in [3.8, 4) is 0 Å². The van der Waals surface area contributed by atoms with Crippen LogP contribution in [0, 0.1) is 0 Å². The van der Waals surface area contributed by atoms with Gasteiger partial charge < -0.3 is 4.90 Å². The monoisotopic (exact) mass is 388 g/mol. The molecule has 0 atom stereocenters. The lowest BCUT2D eigenvalue weighted by atomic mass is 10.1. The van der Waals surface area contributed by atoms with Crippen molar-refractivity contribution in [3.63, 3.8) is 0 Å². The van der Waals surface area contributed by atoms with Crippen LogP contribution in [0.2, 0.25) is 0 Å². The Morgan fingerprint density at radius 2 is 1.63 bits per heavy atom. The standard InChI is InChI=1S/C21H28N2O3S/c1-5-6-7-17-8-14-20(15-9-17)23(4)21(24)18-10-12-19(13-11-18)22-27(25,26)16(2)3/h8-16,22H,5-7H2,1-4H3. The van der Waals surface area contributed by atoms with E-state index >= 15 is 0 Å². The van der Waals surface area contributed by atoms with Crippen molar-refractivity contribution in [2.45, 2.75) is 45.3 Å². The molecule has 0 aromatic heterocycles. The Labute approximate surface area is 162 Å². The fourth-order valence-electron chi connectivity index (χ4n) is 2.54. The molecule has 2 aromatic carbocycles. The van der Waals surface area contributed by atoms with Gasteiger partial charge >= 0.3 is 0 Å². The molecule has 0 saturated heterocycles. The highest BCUT2D eigenvalue weighted by atomic mass is 32.2. The number of amides is 1. The highest BCUT2D eigenvalue weighted by molar-refractivity contribution is 7.93. The van der Waals surface area contributed by atoms with Gasteiger partial charge in [0.25, 0.3) is 5.91 Å². The average Bonchev–Trinajstić information content (AvgIpc) is 2.66. The maximum atomic E-state index is 12.7. The quantitative estimate of drug-likeness (QED) is 0.726. The number of carbonyl (C=O) groups excluding carboxylic acids is 1. The second-order valence-electron chi connectivity index (χ2n) is 6.91. The summed E-state index contributed by atoms with van der Waals surface area (Å²) in [5.74, 6) is -0.144. The summed E-state index contributed by atoms with van der Waals surface area (Å²) < 4.78 is 26.4. The highest BCUT2D eigenvalue weighted by Gasteiger charge is 2.17. The van der Waals surface area contributed by atoms with Gasteiger partial charge in [0.15, 0.2) is 0 Å². The number of anilines is 2. The number of nitrogens with zero attached hydrogens (tertiary/aromatic N) is 1. The van der Waals surface area contributed by atoms with Gasteiger partial charge in [0.05, 0.1) is 5.25 Å². The van der Waals surface area contributed by atoms with E-state index in [1.54, 1.807) is 50.1 Å². The fraction of sp³-hybridized carbons (Fsp3) is 0.381. The number of unbranched alkanes of at least 4 members (excludes halogenated alkanes) is 1. The molecule has 0 fully saturated rings. The van der Waals surface area contributed by atoms with Crippen molar-refractivity contribution in [3.05, 3.63) is 59.7 Å². The Balaban J connectivity index is 2.08. The number of rotatable bonds is 8. The van der Waals surface area contributed by atoms with Crippen LogP contribution in [0.5, 0.6) is 0 Å². The zero-order valence-electron chi connectivity index (χ0n) is 16.4. The van der Waals surface area contributed by atoms with Gasteiger partial charge in [0.2, 0.25) is 10.0 Å². The molecule has 27 heavy (non-hydrogen) atoms. The Hall–Kier alpha value is -2.34. The zero-order valence-corrected chi connectivity index (χ0v) is 17.2. The first kappa shape index (κ1) is 21.0. The molecule has 0 aliphatic rings. The summed E-state index contributed by atoms with van der Waals surface area (Å²) in [5, 5.41) is -0.523. The summed E-state index contributed by atoms with van der Waals surface area (Å²) in [7, 11) is -1.67. The van der Waals surface area contributed by atoms with Crippen LogP contribution in [0.15, 0.2) is 48.5 Å². The second-order valence-corrected chi connectivity index (χ2v) is 9.14. The largest absolute Gasteiger partial charge is 0.311 e. The van der Waals surface area contributed by atoms with Crippen LogP contribution < -0.4 is 9.62 Å². The molecule has 2 rings (SSSR count). The number of hydrogen-bond acceptors (Lipinski definition) is 3. The van der Waals surface area contributed by atoms with Gasteiger partial charge in [-0.1, -0.05) is 25.5 Å². The number of aryl methyl sites for hydroxylation is 1. The minimum atomic E-state index is -3.40. The van der Waals surface area contributed by atoms with Gasteiger partial charge in [-0.25, -0.2) is 8.42 Å². The lowest BCUT2D eigenvalue weighted by Crippen LogP contribution is -2.26. The van der Waals surface area contributed by atoms with Crippen LogP contribution in [-0.4, -0.2) is 26.6 Å². The number of hydrogen-bond donors (Lipinski definition) is 1. The molecule has 2 aromatic rings. The average molecular weight is 389 g/mol. The lowest BCUT2D eigenvalue weighted by Gasteiger charge is -2.18. The normalized spacial score (nSPS) is 11.4. The summed E-state index contributed by atoms with van der Waals surface area (Å²) >= 11 is 0. The summed E-state index contributed by atoms with van der Waals surface area (Å²) in [6.45, 7) is 5.39. The van der Waals surface area contributed by atoms with Crippen molar-refractivity contribution in [1.82, 2.24) is 0 Å². The van der Waals surface area contributed by atoms with Crippen LogP contribution in [-0.2, 0) is 16.4 Å². The SMILES string of the molecule is CCCCc1ccc(N(C)C(=O)c2ccc(NS(=O)(=O)C(C)C)cc2)cc1. The van der Waals surface area contributed by atoms with Crippen LogP contribution in [0.25, 0.3) is 0 Å². The summed E-state index contributed by atoms with van der Waals surface area (Å²) in [4.78, 5) is 14.3. The molecule has 0 aliphatic carbocycles. The number of sulfonamides is 1. The van der Waals surface area contributed by atoms with E-state index in [1.165, 1.54) is 5.56 Å². The molecular weight excluding hydrogens is 360 g/mol. The Morgan fingerprint density at radius 3 is 2.15 bits per heavy atom. The van der Waals surface area contributed by atoms with Crippen molar-refractivity contribution < 1.29 is 13.2 Å². The third-order valence-corrected chi connectivity index (χ3v) is 6.22. The molecule has 0 saturated carbocycles. The third-order valence-electron chi connectivity index (χ3n) is 4.46. The van der Waals surface area contributed by atoms with E-state index in [2.05, 4.69) is 23.8 Å². The van der Waals surface area contributed by atoms with Crippen molar-refractivity contribution in [2.75, 3.05) is 16.7 Å². The van der Waals surface area contributed by atoms with Crippen LogP contribution in [0.4, 0.5) is 11.4 Å². The summed E-state index contributed by atoms with van der Waals surface area (Å²) in [6, 6.07) is 14.5. The molecule has 0 bridgehead atoms. The zero-order chi connectivity index (χ0) is 20.0. The first-order valence-corrected chi connectivity index (χ1v) is 10.8. The smallest absolute Gasteiger partial charge is 0.258 e. The van der Waals surface area contributed by atoms with E-state index < -0.39 is 15.3 Å². The van der Waals surface area contributed by atoms with Crippen molar-refractivity contribution >= 4 is 27.3 Å². The van der Waals surface area contributed by atoms with Gasteiger partial charge in [-0.3, -0.25) is 9.52 Å². The summed E-state index contributed by atoms with van der Waals surface area (Å²) in [5.41, 5.74) is 3.04. The van der Waals surface area contributed by atoms with Gasteiger partial charge in [0.1, 0.15) is 0 Å². The molecule has 0 unspecified atom stereocenters. The van der Waals surface area contributed by atoms with Gasteiger partial charge in [-0.15, -0.1) is 0 Å². The Morgan fingerprint density at radius 1 is 1.04 bits per heavy atom. The van der Waals surface area contributed by atoms with Gasteiger partial charge in [-0.2, -0.15) is 0 Å². The fourth-order valence-corrected chi connectivity index (χ4v) is 3.24. The van der Waals surface area contributed by atoms with E-state index in [9.17, 15) is 13.2 Å². The molecule has 1 amide bonds. The molecule has 0 aliphatic heterocycles. The molecule has 0 heterocycles. The minimum absolute atomic E-state index is 0.144. The Bertz CT molecular complexity index is 857. The minimum Gasteiger partial charge on any atom is -0.311 e. The molecule has 0 spiro atoms. The van der Waals surface area contributed by atoms with E-state index in [0.29, 0.717) is 11.3 Å². The van der Waals surface area contributed by atoms with E-state index in [4.69, 9.17) is 0 Å². The van der Waals surface area contributed by atoms with Gasteiger partial charge in [0, 0.05) is 24.0 Å². The molecule has 1 N–H and O–H groups in total. The molecule has 146 valence electrons. The number of carbonyl (C=O) groups is 1. The first-order chi connectivity index (χ1) is 12.7.